The maximum absolute atomic E-state index is 6.08. The molecular weight excluding hydrogens is 282 g/mol. The lowest BCUT2D eigenvalue weighted by atomic mass is 10.0. The summed E-state index contributed by atoms with van der Waals surface area (Å²) >= 11 is 6.08. The van der Waals surface area contributed by atoms with E-state index in [-0.39, 0.29) is 0 Å². The Labute approximate surface area is 132 Å². The fourth-order valence-electron chi connectivity index (χ4n) is 2.32. The first kappa shape index (κ1) is 15.7. The molecule has 2 nitrogen and oxygen atoms in total. The Morgan fingerprint density at radius 3 is 2.43 bits per heavy atom. The second-order valence-electron chi connectivity index (χ2n) is 5.29. The summed E-state index contributed by atoms with van der Waals surface area (Å²) in [6.45, 7) is 9.80. The zero-order valence-electron chi connectivity index (χ0n) is 13.1. The summed E-state index contributed by atoms with van der Waals surface area (Å²) in [5.74, 6) is 0.836. The van der Waals surface area contributed by atoms with Gasteiger partial charge in [-0.15, -0.1) is 0 Å². The molecule has 0 aliphatic rings. The van der Waals surface area contributed by atoms with Gasteiger partial charge in [-0.2, -0.15) is 0 Å². The number of halogens is 1. The van der Waals surface area contributed by atoms with Gasteiger partial charge in [-0.3, -0.25) is 0 Å². The average molecular weight is 304 g/mol. The van der Waals surface area contributed by atoms with Crippen LogP contribution in [0.5, 0.6) is 5.75 Å². The van der Waals surface area contributed by atoms with Crippen LogP contribution in [0.15, 0.2) is 30.3 Å². The topological polar surface area (TPSA) is 21.3 Å². The molecule has 0 atom stereocenters. The molecule has 0 saturated carbocycles. The van der Waals surface area contributed by atoms with Gasteiger partial charge < -0.3 is 10.1 Å². The Kier molecular flexibility index (Phi) is 5.13. The molecule has 0 amide bonds. The molecular formula is C18H22ClNO. The van der Waals surface area contributed by atoms with Gasteiger partial charge >= 0.3 is 0 Å². The second-order valence-corrected chi connectivity index (χ2v) is 5.73. The molecule has 0 aromatic heterocycles. The Balaban J connectivity index is 2.20. The number of rotatable bonds is 5. The van der Waals surface area contributed by atoms with Crippen LogP contribution in [0.25, 0.3) is 0 Å². The van der Waals surface area contributed by atoms with Crippen molar-refractivity contribution in [3.63, 3.8) is 0 Å². The molecule has 2 aromatic carbocycles. The van der Waals surface area contributed by atoms with E-state index in [1.807, 2.05) is 25.1 Å². The van der Waals surface area contributed by atoms with Gasteiger partial charge in [-0.1, -0.05) is 23.7 Å². The number of ether oxygens (including phenoxy) is 1. The fourth-order valence-corrected chi connectivity index (χ4v) is 2.50. The van der Waals surface area contributed by atoms with Crippen LogP contribution < -0.4 is 10.1 Å². The summed E-state index contributed by atoms with van der Waals surface area (Å²) in [5, 5.41) is 4.14. The van der Waals surface area contributed by atoms with Crippen LogP contribution in [0.3, 0.4) is 0 Å². The first-order valence-electron chi connectivity index (χ1n) is 7.24. The van der Waals surface area contributed by atoms with Crippen molar-refractivity contribution in [1.82, 2.24) is 0 Å². The molecule has 0 bridgehead atoms. The highest BCUT2D eigenvalue weighted by molar-refractivity contribution is 6.30. The van der Waals surface area contributed by atoms with E-state index in [0.717, 1.165) is 18.0 Å². The summed E-state index contributed by atoms with van der Waals surface area (Å²) < 4.78 is 5.63. The van der Waals surface area contributed by atoms with Gasteiger partial charge in [0.1, 0.15) is 5.75 Å². The molecule has 0 spiro atoms. The summed E-state index contributed by atoms with van der Waals surface area (Å²) in [6, 6.07) is 10.1. The largest absolute Gasteiger partial charge is 0.492 e. The lowest BCUT2D eigenvalue weighted by Crippen LogP contribution is -2.05. The van der Waals surface area contributed by atoms with Crippen molar-refractivity contribution in [1.29, 1.82) is 0 Å². The van der Waals surface area contributed by atoms with Crippen LogP contribution in [0.1, 0.15) is 29.2 Å². The molecule has 21 heavy (non-hydrogen) atoms. The van der Waals surface area contributed by atoms with Crippen molar-refractivity contribution in [2.24, 2.45) is 0 Å². The van der Waals surface area contributed by atoms with E-state index in [9.17, 15) is 0 Å². The Morgan fingerprint density at radius 2 is 1.71 bits per heavy atom. The first-order valence-corrected chi connectivity index (χ1v) is 7.62. The Hall–Kier alpha value is -1.67. The molecule has 1 N–H and O–H groups in total. The molecule has 0 radical (unpaired) electrons. The predicted octanol–water partition coefficient (Wildman–Crippen LogP) is 5.28. The van der Waals surface area contributed by atoms with Crippen molar-refractivity contribution in [2.45, 2.75) is 34.2 Å². The maximum atomic E-state index is 6.08. The van der Waals surface area contributed by atoms with Crippen LogP contribution in [0, 0.1) is 20.8 Å². The summed E-state index contributed by atoms with van der Waals surface area (Å²) in [7, 11) is 0. The fraction of sp³-hybridized carbons (Fsp3) is 0.333. The molecule has 0 heterocycles. The van der Waals surface area contributed by atoms with Crippen molar-refractivity contribution in [3.05, 3.63) is 57.6 Å². The minimum absolute atomic E-state index is 0.638. The molecule has 0 aliphatic carbocycles. The highest BCUT2D eigenvalue weighted by Crippen LogP contribution is 2.29. The third-order valence-corrected chi connectivity index (χ3v) is 3.90. The lowest BCUT2D eigenvalue weighted by Gasteiger charge is -2.15. The highest BCUT2D eigenvalue weighted by Gasteiger charge is 2.06. The highest BCUT2D eigenvalue weighted by atomic mass is 35.5. The zero-order valence-corrected chi connectivity index (χ0v) is 13.8. The van der Waals surface area contributed by atoms with Crippen molar-refractivity contribution in [2.75, 3.05) is 11.9 Å². The van der Waals surface area contributed by atoms with Gasteiger partial charge in [0.05, 0.1) is 12.3 Å². The molecule has 0 aliphatic heterocycles. The second kappa shape index (κ2) is 6.86. The lowest BCUT2D eigenvalue weighted by molar-refractivity contribution is 0.341. The normalized spacial score (nSPS) is 10.5. The molecule has 3 heteroatoms. The van der Waals surface area contributed by atoms with E-state index >= 15 is 0 Å². The number of hydrogen-bond acceptors (Lipinski definition) is 2. The van der Waals surface area contributed by atoms with Crippen molar-refractivity contribution in [3.8, 4) is 5.75 Å². The molecule has 2 aromatic rings. The number of hydrogen-bond donors (Lipinski definition) is 1. The standard InChI is InChI=1S/C18H22ClNO/c1-5-21-18-7-6-16(19)10-17(18)20-11-15-9-13(3)12(2)8-14(15)4/h6-10,20H,5,11H2,1-4H3. The molecule has 2 rings (SSSR count). The van der Waals surface area contributed by atoms with Crippen molar-refractivity contribution < 1.29 is 4.74 Å². The SMILES string of the molecule is CCOc1ccc(Cl)cc1NCc1cc(C)c(C)cc1C. The average Bonchev–Trinajstić information content (AvgIpc) is 2.44. The van der Waals surface area contributed by atoms with Crippen LogP contribution in [-0.2, 0) is 6.54 Å². The van der Waals surface area contributed by atoms with E-state index in [1.165, 1.54) is 22.3 Å². The minimum atomic E-state index is 0.638. The van der Waals surface area contributed by atoms with E-state index in [2.05, 4.69) is 38.2 Å². The number of benzene rings is 2. The predicted molar refractivity (Wildman–Crippen MR) is 90.6 cm³/mol. The first-order chi connectivity index (χ1) is 10.0. The quantitative estimate of drug-likeness (QED) is 0.812. The van der Waals surface area contributed by atoms with E-state index in [1.54, 1.807) is 0 Å². The molecule has 112 valence electrons. The number of nitrogens with one attached hydrogen (secondary N) is 1. The number of anilines is 1. The molecule has 0 fully saturated rings. The van der Waals surface area contributed by atoms with E-state index in [0.29, 0.717) is 11.6 Å². The summed E-state index contributed by atoms with van der Waals surface area (Å²) in [5.41, 5.74) is 6.16. The smallest absolute Gasteiger partial charge is 0.142 e. The van der Waals surface area contributed by atoms with E-state index in [4.69, 9.17) is 16.3 Å². The van der Waals surface area contributed by atoms with Gasteiger partial charge in [0.25, 0.3) is 0 Å². The molecule has 0 unspecified atom stereocenters. The third-order valence-electron chi connectivity index (χ3n) is 3.66. The Bertz CT molecular complexity index is 637. The van der Waals surface area contributed by atoms with Gasteiger partial charge in [0.15, 0.2) is 0 Å². The molecule has 0 saturated heterocycles. The summed E-state index contributed by atoms with van der Waals surface area (Å²) in [4.78, 5) is 0. The van der Waals surface area contributed by atoms with Gasteiger partial charge in [-0.25, -0.2) is 0 Å². The van der Waals surface area contributed by atoms with Gasteiger partial charge in [-0.05, 0) is 68.1 Å². The van der Waals surface area contributed by atoms with Gasteiger partial charge in [0.2, 0.25) is 0 Å². The Morgan fingerprint density at radius 1 is 1.00 bits per heavy atom. The van der Waals surface area contributed by atoms with Crippen LogP contribution >= 0.6 is 11.6 Å². The van der Waals surface area contributed by atoms with Crippen LogP contribution in [0.2, 0.25) is 5.02 Å². The number of aryl methyl sites for hydroxylation is 3. The van der Waals surface area contributed by atoms with Crippen LogP contribution in [0.4, 0.5) is 5.69 Å². The summed E-state index contributed by atoms with van der Waals surface area (Å²) in [6.07, 6.45) is 0. The zero-order chi connectivity index (χ0) is 15.4. The van der Waals surface area contributed by atoms with E-state index < -0.39 is 0 Å². The van der Waals surface area contributed by atoms with Crippen LogP contribution in [-0.4, -0.2) is 6.61 Å². The van der Waals surface area contributed by atoms with Gasteiger partial charge in [0, 0.05) is 11.6 Å². The minimum Gasteiger partial charge on any atom is -0.492 e. The van der Waals surface area contributed by atoms with Crippen molar-refractivity contribution >= 4 is 17.3 Å². The maximum Gasteiger partial charge on any atom is 0.142 e. The monoisotopic (exact) mass is 303 g/mol. The third kappa shape index (κ3) is 3.92.